The van der Waals surface area contributed by atoms with Crippen molar-refractivity contribution in [2.75, 3.05) is 12.5 Å². The fraction of sp³-hybridized carbons (Fsp3) is 0.111. The molecule has 0 atom stereocenters. The fourth-order valence-electron chi connectivity index (χ4n) is 0.725. The van der Waals surface area contributed by atoms with Crippen LogP contribution in [0.15, 0.2) is 35.4 Å². The summed E-state index contributed by atoms with van der Waals surface area (Å²) in [5.74, 6) is -0.483. The van der Waals surface area contributed by atoms with Crippen LogP contribution in [0.25, 0.3) is 0 Å². The normalized spacial score (nSPS) is 9.92. The molecule has 1 rings (SSSR count). The molecule has 0 aliphatic heterocycles. The van der Waals surface area contributed by atoms with Crippen LogP contribution in [0.4, 0.5) is 5.69 Å². The number of benzene rings is 1. The van der Waals surface area contributed by atoms with Crippen LogP contribution in [-0.4, -0.2) is 19.3 Å². The third-order valence-electron chi connectivity index (χ3n) is 1.34. The first-order chi connectivity index (χ1) is 6.33. The molecule has 0 aromatic heterocycles. The number of rotatable bonds is 3. The van der Waals surface area contributed by atoms with E-state index in [-0.39, 0.29) is 0 Å². The number of hydrogen-bond acceptors (Lipinski definition) is 4. The second-order valence-electron chi connectivity index (χ2n) is 2.26. The molecule has 0 fully saturated rings. The lowest BCUT2D eigenvalue weighted by atomic mass is 10.3. The highest BCUT2D eigenvalue weighted by atomic mass is 16.5. The van der Waals surface area contributed by atoms with Crippen molar-refractivity contribution in [3.63, 3.8) is 0 Å². The molecule has 0 saturated carbocycles. The van der Waals surface area contributed by atoms with Crippen molar-refractivity contribution in [1.82, 2.24) is 0 Å². The maximum absolute atomic E-state index is 10.6. The average molecular weight is 178 g/mol. The number of esters is 1. The molecule has 4 nitrogen and oxygen atoms in total. The molecule has 0 radical (unpaired) electrons. The van der Waals surface area contributed by atoms with Crippen LogP contribution in [0.1, 0.15) is 0 Å². The van der Waals surface area contributed by atoms with Gasteiger partial charge in [0.25, 0.3) is 0 Å². The summed E-state index contributed by atoms with van der Waals surface area (Å²) in [5, 5.41) is 3.66. The van der Waals surface area contributed by atoms with Crippen molar-refractivity contribution in [2.24, 2.45) is 5.10 Å². The maximum atomic E-state index is 10.6. The monoisotopic (exact) mass is 178 g/mol. The summed E-state index contributed by atoms with van der Waals surface area (Å²) in [4.78, 5) is 10.6. The largest absolute Gasteiger partial charge is 0.465 e. The Morgan fingerprint density at radius 2 is 2.15 bits per heavy atom. The minimum Gasteiger partial charge on any atom is -0.465 e. The van der Waals surface area contributed by atoms with E-state index in [4.69, 9.17) is 0 Å². The van der Waals surface area contributed by atoms with E-state index in [0.717, 1.165) is 11.9 Å². The zero-order valence-electron chi connectivity index (χ0n) is 7.23. The van der Waals surface area contributed by atoms with Gasteiger partial charge in [0.1, 0.15) is 6.21 Å². The van der Waals surface area contributed by atoms with Crippen LogP contribution in [0.3, 0.4) is 0 Å². The van der Waals surface area contributed by atoms with E-state index in [1.165, 1.54) is 7.11 Å². The van der Waals surface area contributed by atoms with E-state index < -0.39 is 5.97 Å². The van der Waals surface area contributed by atoms with Gasteiger partial charge in [-0.3, -0.25) is 5.43 Å². The van der Waals surface area contributed by atoms with Crippen LogP contribution in [0.2, 0.25) is 0 Å². The second-order valence-corrected chi connectivity index (χ2v) is 2.26. The molecular formula is C9H10N2O2. The van der Waals surface area contributed by atoms with Gasteiger partial charge in [0.2, 0.25) is 0 Å². The Morgan fingerprint density at radius 1 is 1.46 bits per heavy atom. The number of methoxy groups -OCH3 is 1. The molecular weight excluding hydrogens is 168 g/mol. The highest BCUT2D eigenvalue weighted by Crippen LogP contribution is 2.03. The van der Waals surface area contributed by atoms with E-state index in [0.29, 0.717) is 0 Å². The molecule has 0 unspecified atom stereocenters. The first kappa shape index (κ1) is 9.25. The van der Waals surface area contributed by atoms with Crippen LogP contribution in [0, 0.1) is 0 Å². The number of nitrogens with zero attached hydrogens (tertiary/aromatic N) is 1. The zero-order chi connectivity index (χ0) is 9.52. The molecule has 0 aliphatic rings. The number of hydrazone groups is 1. The summed E-state index contributed by atoms with van der Waals surface area (Å²) in [5.41, 5.74) is 3.50. The molecule has 0 spiro atoms. The zero-order valence-corrected chi connectivity index (χ0v) is 7.23. The molecule has 0 amide bonds. The minimum atomic E-state index is -0.483. The Hall–Kier alpha value is -1.84. The second kappa shape index (κ2) is 4.92. The summed E-state index contributed by atoms with van der Waals surface area (Å²) in [6, 6.07) is 9.32. The Bertz CT molecular complexity index is 296. The Labute approximate surface area is 76.2 Å². The van der Waals surface area contributed by atoms with Gasteiger partial charge in [0.15, 0.2) is 0 Å². The van der Waals surface area contributed by atoms with E-state index in [2.05, 4.69) is 15.3 Å². The lowest BCUT2D eigenvalue weighted by molar-refractivity contribution is -0.132. The molecule has 1 N–H and O–H groups in total. The third-order valence-corrected chi connectivity index (χ3v) is 1.34. The Kier molecular flexibility index (Phi) is 3.50. The summed E-state index contributed by atoms with van der Waals surface area (Å²) >= 11 is 0. The van der Waals surface area contributed by atoms with Gasteiger partial charge in [0, 0.05) is 0 Å². The van der Waals surface area contributed by atoms with Crippen molar-refractivity contribution in [3.05, 3.63) is 30.3 Å². The third kappa shape index (κ3) is 3.37. The molecule has 0 saturated heterocycles. The van der Waals surface area contributed by atoms with Crippen molar-refractivity contribution in [2.45, 2.75) is 0 Å². The van der Waals surface area contributed by atoms with E-state index in [9.17, 15) is 4.79 Å². The highest BCUT2D eigenvalue weighted by Gasteiger charge is 1.90. The lowest BCUT2D eigenvalue weighted by Gasteiger charge is -1.97. The minimum absolute atomic E-state index is 0.483. The number of hydrogen-bond donors (Lipinski definition) is 1. The number of ether oxygens (including phenoxy) is 1. The Balaban J connectivity index is 2.44. The van der Waals surface area contributed by atoms with Crippen LogP contribution in [-0.2, 0) is 9.53 Å². The average Bonchev–Trinajstić information content (AvgIpc) is 2.19. The predicted octanol–water partition coefficient (Wildman–Crippen LogP) is 1.26. The van der Waals surface area contributed by atoms with Gasteiger partial charge < -0.3 is 4.74 Å². The van der Waals surface area contributed by atoms with Gasteiger partial charge in [-0.1, -0.05) is 18.2 Å². The topological polar surface area (TPSA) is 50.7 Å². The standard InChI is InChI=1S/C9H10N2O2/c1-13-9(12)7-10-11-8-5-3-2-4-6-8/h2-7,11H,1H3/b10-7-. The van der Waals surface area contributed by atoms with E-state index >= 15 is 0 Å². The molecule has 0 heterocycles. The van der Waals surface area contributed by atoms with Crippen LogP contribution < -0.4 is 5.43 Å². The van der Waals surface area contributed by atoms with E-state index in [1.807, 2.05) is 30.3 Å². The molecule has 4 heteroatoms. The predicted molar refractivity (Wildman–Crippen MR) is 50.6 cm³/mol. The number of para-hydroxylation sites is 1. The summed E-state index contributed by atoms with van der Waals surface area (Å²) in [7, 11) is 1.30. The van der Waals surface area contributed by atoms with Gasteiger partial charge in [-0.05, 0) is 12.1 Å². The molecule has 1 aromatic rings. The summed E-state index contributed by atoms with van der Waals surface area (Å²) < 4.78 is 4.36. The Morgan fingerprint density at radius 3 is 2.77 bits per heavy atom. The van der Waals surface area contributed by atoms with Crippen molar-refractivity contribution in [1.29, 1.82) is 0 Å². The maximum Gasteiger partial charge on any atom is 0.350 e. The lowest BCUT2D eigenvalue weighted by Crippen LogP contribution is -2.02. The van der Waals surface area contributed by atoms with E-state index in [1.54, 1.807) is 0 Å². The van der Waals surface area contributed by atoms with Gasteiger partial charge in [-0.25, -0.2) is 4.79 Å². The van der Waals surface area contributed by atoms with Crippen molar-refractivity contribution in [3.8, 4) is 0 Å². The SMILES string of the molecule is COC(=O)/C=N\Nc1ccccc1. The van der Waals surface area contributed by atoms with Gasteiger partial charge in [-0.2, -0.15) is 5.10 Å². The van der Waals surface area contributed by atoms with Gasteiger partial charge in [0.05, 0.1) is 12.8 Å². The summed E-state index contributed by atoms with van der Waals surface area (Å²) in [6.45, 7) is 0. The fourth-order valence-corrected chi connectivity index (χ4v) is 0.725. The number of nitrogens with one attached hydrogen (secondary N) is 1. The van der Waals surface area contributed by atoms with Crippen LogP contribution >= 0.6 is 0 Å². The first-order valence-corrected chi connectivity index (χ1v) is 3.75. The summed E-state index contributed by atoms with van der Waals surface area (Å²) in [6.07, 6.45) is 1.08. The van der Waals surface area contributed by atoms with Crippen molar-refractivity contribution < 1.29 is 9.53 Å². The quantitative estimate of drug-likeness (QED) is 0.430. The van der Waals surface area contributed by atoms with Gasteiger partial charge in [-0.15, -0.1) is 0 Å². The molecule has 0 aliphatic carbocycles. The molecule has 13 heavy (non-hydrogen) atoms. The highest BCUT2D eigenvalue weighted by molar-refractivity contribution is 6.23. The molecule has 68 valence electrons. The smallest absolute Gasteiger partial charge is 0.350 e. The van der Waals surface area contributed by atoms with Crippen molar-refractivity contribution >= 4 is 17.9 Å². The molecule has 1 aromatic carbocycles. The number of carbonyl (C=O) groups excluding carboxylic acids is 1. The first-order valence-electron chi connectivity index (χ1n) is 3.75. The van der Waals surface area contributed by atoms with Crippen LogP contribution in [0.5, 0.6) is 0 Å². The number of carbonyl (C=O) groups is 1. The number of anilines is 1. The van der Waals surface area contributed by atoms with Gasteiger partial charge >= 0.3 is 5.97 Å². The molecule has 0 bridgehead atoms.